The van der Waals surface area contributed by atoms with Crippen molar-refractivity contribution >= 4 is 0 Å². The van der Waals surface area contributed by atoms with Crippen LogP contribution in [0.1, 0.15) is 52.9 Å². The standard InChI is InChI=1S/C14H26F3NO/c1-4-13(5-2)11(18-6-3)10-12(13)19-9-7-8-14(15,16)17/h11-12,18H,4-10H2,1-3H3. The molecule has 0 saturated heterocycles. The lowest BCUT2D eigenvalue weighted by Gasteiger charge is -2.55. The SMILES string of the molecule is CCNC1CC(OCCCC(F)(F)F)C1(CC)CC. The molecular formula is C14H26F3NO. The molecule has 1 aliphatic rings. The highest BCUT2D eigenvalue weighted by Gasteiger charge is 2.52. The molecule has 0 aromatic rings. The summed E-state index contributed by atoms with van der Waals surface area (Å²) in [6.07, 6.45) is -1.71. The van der Waals surface area contributed by atoms with Crippen LogP contribution >= 0.6 is 0 Å². The summed E-state index contributed by atoms with van der Waals surface area (Å²) in [6, 6.07) is 0.445. The van der Waals surface area contributed by atoms with Crippen LogP contribution in [0.3, 0.4) is 0 Å². The summed E-state index contributed by atoms with van der Waals surface area (Å²) in [5.41, 5.74) is 0.105. The van der Waals surface area contributed by atoms with E-state index in [1.807, 2.05) is 0 Å². The van der Waals surface area contributed by atoms with E-state index in [0.717, 1.165) is 25.8 Å². The number of ether oxygens (including phenoxy) is 1. The van der Waals surface area contributed by atoms with Gasteiger partial charge in [-0.1, -0.05) is 20.8 Å². The van der Waals surface area contributed by atoms with Gasteiger partial charge < -0.3 is 10.1 Å². The third kappa shape index (κ3) is 4.09. The summed E-state index contributed by atoms with van der Waals surface area (Å²) in [5.74, 6) is 0. The van der Waals surface area contributed by atoms with Crippen molar-refractivity contribution in [3.63, 3.8) is 0 Å². The van der Waals surface area contributed by atoms with Crippen molar-refractivity contribution in [2.75, 3.05) is 13.2 Å². The van der Waals surface area contributed by atoms with Gasteiger partial charge in [-0.05, 0) is 32.2 Å². The largest absolute Gasteiger partial charge is 0.389 e. The van der Waals surface area contributed by atoms with Gasteiger partial charge in [0.1, 0.15) is 0 Å². The smallest absolute Gasteiger partial charge is 0.378 e. The molecule has 0 aromatic carbocycles. The molecule has 1 rings (SSSR count). The number of hydrogen-bond donors (Lipinski definition) is 1. The number of alkyl halides is 3. The molecule has 0 bridgehead atoms. The van der Waals surface area contributed by atoms with Gasteiger partial charge >= 0.3 is 6.18 Å². The van der Waals surface area contributed by atoms with Gasteiger partial charge in [0.15, 0.2) is 0 Å². The minimum atomic E-state index is -4.07. The van der Waals surface area contributed by atoms with E-state index < -0.39 is 12.6 Å². The van der Waals surface area contributed by atoms with Crippen molar-refractivity contribution in [3.8, 4) is 0 Å². The van der Waals surface area contributed by atoms with Crippen LogP contribution in [0.15, 0.2) is 0 Å². The lowest BCUT2D eigenvalue weighted by atomic mass is 9.58. The van der Waals surface area contributed by atoms with Crippen molar-refractivity contribution in [3.05, 3.63) is 0 Å². The van der Waals surface area contributed by atoms with Crippen molar-refractivity contribution in [2.45, 2.75) is 71.2 Å². The summed E-state index contributed by atoms with van der Waals surface area (Å²) >= 11 is 0. The van der Waals surface area contributed by atoms with E-state index in [-0.39, 0.29) is 24.5 Å². The Kier molecular flexibility index (Phi) is 6.12. The van der Waals surface area contributed by atoms with Crippen molar-refractivity contribution in [1.29, 1.82) is 0 Å². The first-order valence-electron chi connectivity index (χ1n) is 7.31. The highest BCUT2D eigenvalue weighted by atomic mass is 19.4. The zero-order chi connectivity index (χ0) is 14.5. The molecule has 1 N–H and O–H groups in total. The molecule has 1 fully saturated rings. The average Bonchev–Trinajstić information content (AvgIpc) is 2.32. The monoisotopic (exact) mass is 281 g/mol. The molecule has 1 aliphatic carbocycles. The molecule has 0 spiro atoms. The molecule has 0 heterocycles. The van der Waals surface area contributed by atoms with Crippen LogP contribution in [0.4, 0.5) is 13.2 Å². The molecule has 2 unspecified atom stereocenters. The van der Waals surface area contributed by atoms with Gasteiger partial charge in [-0.3, -0.25) is 0 Å². The fraction of sp³-hybridized carbons (Fsp3) is 1.00. The second-order valence-corrected chi connectivity index (χ2v) is 5.36. The highest BCUT2D eigenvalue weighted by molar-refractivity contribution is 5.06. The fourth-order valence-electron chi connectivity index (χ4n) is 3.21. The van der Waals surface area contributed by atoms with Crippen LogP contribution < -0.4 is 5.32 Å². The van der Waals surface area contributed by atoms with E-state index in [0.29, 0.717) is 6.04 Å². The normalized spacial score (nSPS) is 26.2. The molecule has 0 radical (unpaired) electrons. The third-order valence-electron chi connectivity index (χ3n) is 4.48. The summed E-state index contributed by atoms with van der Waals surface area (Å²) < 4.78 is 41.9. The summed E-state index contributed by atoms with van der Waals surface area (Å²) in [7, 11) is 0. The van der Waals surface area contributed by atoms with E-state index in [1.54, 1.807) is 0 Å². The Morgan fingerprint density at radius 3 is 2.32 bits per heavy atom. The molecule has 0 aromatic heterocycles. The summed E-state index contributed by atoms with van der Waals surface area (Å²) in [4.78, 5) is 0. The van der Waals surface area contributed by atoms with Gasteiger partial charge in [0.05, 0.1) is 6.10 Å². The Balaban J connectivity index is 2.38. The molecule has 1 saturated carbocycles. The fourth-order valence-corrected chi connectivity index (χ4v) is 3.21. The van der Waals surface area contributed by atoms with E-state index in [1.165, 1.54) is 0 Å². The minimum Gasteiger partial charge on any atom is -0.378 e. The Bertz CT molecular complexity index is 264. The molecule has 0 amide bonds. The van der Waals surface area contributed by atoms with Crippen LogP contribution in [0.25, 0.3) is 0 Å². The first-order chi connectivity index (χ1) is 8.89. The quantitative estimate of drug-likeness (QED) is 0.681. The molecule has 19 heavy (non-hydrogen) atoms. The molecule has 2 nitrogen and oxygen atoms in total. The summed E-state index contributed by atoms with van der Waals surface area (Å²) in [5, 5.41) is 3.46. The maximum Gasteiger partial charge on any atom is 0.389 e. The first-order valence-corrected chi connectivity index (χ1v) is 7.31. The molecule has 114 valence electrons. The van der Waals surface area contributed by atoms with Crippen LogP contribution in [0.5, 0.6) is 0 Å². The Morgan fingerprint density at radius 2 is 1.84 bits per heavy atom. The van der Waals surface area contributed by atoms with Gasteiger partial charge in [0.2, 0.25) is 0 Å². The second kappa shape index (κ2) is 6.93. The lowest BCUT2D eigenvalue weighted by molar-refractivity contribution is -0.157. The maximum atomic E-state index is 12.1. The first kappa shape index (κ1) is 16.8. The topological polar surface area (TPSA) is 21.3 Å². The molecule has 2 atom stereocenters. The van der Waals surface area contributed by atoms with E-state index in [4.69, 9.17) is 4.74 Å². The molecule has 0 aliphatic heterocycles. The average molecular weight is 281 g/mol. The van der Waals surface area contributed by atoms with Crippen LogP contribution in [-0.2, 0) is 4.74 Å². The Morgan fingerprint density at radius 1 is 1.21 bits per heavy atom. The van der Waals surface area contributed by atoms with E-state index in [9.17, 15) is 13.2 Å². The number of rotatable bonds is 8. The summed E-state index contributed by atoms with van der Waals surface area (Å²) in [6.45, 7) is 7.49. The number of hydrogen-bond acceptors (Lipinski definition) is 2. The van der Waals surface area contributed by atoms with Crippen LogP contribution in [0.2, 0.25) is 0 Å². The van der Waals surface area contributed by atoms with Crippen molar-refractivity contribution in [1.82, 2.24) is 5.32 Å². The van der Waals surface area contributed by atoms with Crippen LogP contribution in [0, 0.1) is 5.41 Å². The zero-order valence-electron chi connectivity index (χ0n) is 12.1. The highest BCUT2D eigenvalue weighted by Crippen LogP contribution is 2.48. The predicted octanol–water partition coefficient (Wildman–Crippen LogP) is 3.90. The maximum absolute atomic E-state index is 12.1. The second-order valence-electron chi connectivity index (χ2n) is 5.36. The number of nitrogens with one attached hydrogen (secondary N) is 1. The molecule has 5 heteroatoms. The lowest BCUT2D eigenvalue weighted by Crippen LogP contribution is -2.63. The van der Waals surface area contributed by atoms with E-state index in [2.05, 4.69) is 26.1 Å². The van der Waals surface area contributed by atoms with Gasteiger partial charge in [-0.2, -0.15) is 13.2 Å². The number of halogens is 3. The van der Waals surface area contributed by atoms with Gasteiger partial charge in [-0.25, -0.2) is 0 Å². The van der Waals surface area contributed by atoms with Crippen molar-refractivity contribution in [2.24, 2.45) is 5.41 Å². The minimum absolute atomic E-state index is 0.0649. The van der Waals surface area contributed by atoms with Gasteiger partial charge in [-0.15, -0.1) is 0 Å². The Hall–Kier alpha value is -0.290. The Labute approximate surface area is 114 Å². The van der Waals surface area contributed by atoms with E-state index >= 15 is 0 Å². The third-order valence-corrected chi connectivity index (χ3v) is 4.48. The molecular weight excluding hydrogens is 255 g/mol. The van der Waals surface area contributed by atoms with Gasteiger partial charge in [0.25, 0.3) is 0 Å². The van der Waals surface area contributed by atoms with Crippen molar-refractivity contribution < 1.29 is 17.9 Å². The van der Waals surface area contributed by atoms with Gasteiger partial charge in [0, 0.05) is 24.5 Å². The van der Waals surface area contributed by atoms with Crippen LogP contribution in [-0.4, -0.2) is 31.5 Å². The predicted molar refractivity (Wildman–Crippen MR) is 70.1 cm³/mol. The zero-order valence-corrected chi connectivity index (χ0v) is 12.1.